The van der Waals surface area contributed by atoms with Crippen LogP contribution in [-0.4, -0.2) is 26.7 Å². The first-order chi connectivity index (χ1) is 10.5. The van der Waals surface area contributed by atoms with E-state index >= 15 is 0 Å². The summed E-state index contributed by atoms with van der Waals surface area (Å²) in [5, 5.41) is 4.23. The largest absolute Gasteiger partial charge is 0.290 e. The van der Waals surface area contributed by atoms with Crippen LogP contribution in [0.15, 0.2) is 24.3 Å². The molecule has 6 heteroatoms. The van der Waals surface area contributed by atoms with Crippen LogP contribution in [0.25, 0.3) is 0 Å². The number of hydrogen-bond acceptors (Lipinski definition) is 3. The number of carbonyl (C=O) groups is 1. The van der Waals surface area contributed by atoms with E-state index in [4.69, 9.17) is 0 Å². The van der Waals surface area contributed by atoms with E-state index in [1.165, 1.54) is 10.8 Å². The predicted molar refractivity (Wildman–Crippen MR) is 75.9 cm³/mol. The highest BCUT2D eigenvalue weighted by Crippen LogP contribution is 2.50. The van der Waals surface area contributed by atoms with Crippen molar-refractivity contribution < 1.29 is 13.6 Å². The summed E-state index contributed by atoms with van der Waals surface area (Å²) in [6.45, 7) is 1.76. The van der Waals surface area contributed by atoms with E-state index in [2.05, 4.69) is 10.1 Å². The number of carbonyl (C=O) groups excluding carboxylic acids is 1. The Kier molecular flexibility index (Phi) is 2.86. The maximum absolute atomic E-state index is 14.4. The normalized spacial score (nSPS) is 36.6. The Morgan fingerprint density at radius 2 is 2.14 bits per heavy atom. The van der Waals surface area contributed by atoms with Crippen molar-refractivity contribution in [3.63, 3.8) is 0 Å². The fourth-order valence-electron chi connectivity index (χ4n) is 3.35. The first-order valence-corrected chi connectivity index (χ1v) is 7.65. The number of nitrogens with zero attached hydrogens (tertiary/aromatic N) is 3. The fraction of sp³-hybridized carbons (Fsp3) is 0.562. The van der Waals surface area contributed by atoms with E-state index in [0.717, 1.165) is 12.8 Å². The number of fused-ring (bicyclic) bond motifs is 1. The molecule has 0 amide bonds. The van der Waals surface area contributed by atoms with Gasteiger partial charge in [0, 0.05) is 17.8 Å². The Labute approximate surface area is 126 Å². The van der Waals surface area contributed by atoms with E-state index in [9.17, 15) is 13.6 Å². The van der Waals surface area contributed by atoms with E-state index in [0.29, 0.717) is 0 Å². The Balaban J connectivity index is 1.72. The molecule has 4 rings (SSSR count). The van der Waals surface area contributed by atoms with Crippen LogP contribution in [0.2, 0.25) is 0 Å². The molecule has 3 aliphatic rings. The van der Waals surface area contributed by atoms with Crippen molar-refractivity contribution in [2.45, 2.75) is 44.6 Å². The van der Waals surface area contributed by atoms with Crippen LogP contribution in [0.4, 0.5) is 8.78 Å². The summed E-state index contributed by atoms with van der Waals surface area (Å²) in [6.07, 6.45) is 5.97. The fourth-order valence-corrected chi connectivity index (χ4v) is 3.35. The van der Waals surface area contributed by atoms with Gasteiger partial charge in [-0.3, -0.25) is 4.79 Å². The molecule has 1 aromatic heterocycles. The Bertz CT molecular complexity index is 692. The highest BCUT2D eigenvalue weighted by atomic mass is 19.1. The Morgan fingerprint density at radius 1 is 1.36 bits per heavy atom. The molecule has 2 heterocycles. The molecule has 4 nitrogen and oxygen atoms in total. The van der Waals surface area contributed by atoms with E-state index in [1.54, 1.807) is 25.2 Å². The molecule has 2 aliphatic carbocycles. The number of alkyl halides is 2. The summed E-state index contributed by atoms with van der Waals surface area (Å²) in [7, 11) is 0. The third-order valence-electron chi connectivity index (χ3n) is 4.99. The molecule has 0 spiro atoms. The van der Waals surface area contributed by atoms with Gasteiger partial charge < -0.3 is 0 Å². The summed E-state index contributed by atoms with van der Waals surface area (Å²) < 4.78 is 30.2. The van der Waals surface area contributed by atoms with Crippen molar-refractivity contribution >= 4 is 5.78 Å². The maximum Gasteiger partial charge on any atom is 0.217 e. The first-order valence-electron chi connectivity index (χ1n) is 7.65. The zero-order chi connectivity index (χ0) is 15.5. The Hall–Kier alpha value is -1.85. The maximum atomic E-state index is 14.4. The summed E-state index contributed by atoms with van der Waals surface area (Å²) in [6, 6.07) is -0.470. The molecule has 0 N–H and O–H groups in total. The summed E-state index contributed by atoms with van der Waals surface area (Å²) in [4.78, 5) is 16.2. The zero-order valence-electron chi connectivity index (χ0n) is 12.2. The first kappa shape index (κ1) is 13.8. The van der Waals surface area contributed by atoms with Gasteiger partial charge in [-0.25, -0.2) is 18.4 Å². The number of Topliss-reactive ketones (excluding diaryl/α,β-unsaturated/α-hetero) is 1. The third-order valence-corrected chi connectivity index (χ3v) is 4.99. The number of hydrogen-bond donors (Lipinski definition) is 0. The summed E-state index contributed by atoms with van der Waals surface area (Å²) in [5.74, 6) is 0.111. The number of aromatic nitrogens is 3. The zero-order valence-corrected chi connectivity index (χ0v) is 12.2. The molecule has 2 unspecified atom stereocenters. The molecule has 0 saturated heterocycles. The van der Waals surface area contributed by atoms with Gasteiger partial charge in [-0.05, 0) is 18.9 Å². The lowest BCUT2D eigenvalue weighted by atomic mass is 9.74. The van der Waals surface area contributed by atoms with Gasteiger partial charge in [0.05, 0.1) is 6.04 Å². The van der Waals surface area contributed by atoms with Gasteiger partial charge in [-0.2, -0.15) is 0 Å². The van der Waals surface area contributed by atoms with E-state index in [-0.39, 0.29) is 29.8 Å². The minimum Gasteiger partial charge on any atom is -0.290 e. The standard InChI is InChI=1S/C16H17F2N3O/c1-16(7-3-2-4-11(16)18)12-8-10(17)15-19-14(20-21(12)15)13(22)9-5-6-9/h2-4,7,9-12H,5-6,8H2,1H3/t10-,11?,12-,16?/m0/s1. The second kappa shape index (κ2) is 4.57. The molecule has 0 radical (unpaired) electrons. The molecule has 1 aliphatic heterocycles. The van der Waals surface area contributed by atoms with Crippen LogP contribution >= 0.6 is 0 Å². The molecular weight excluding hydrogens is 288 g/mol. The van der Waals surface area contributed by atoms with Gasteiger partial charge in [0.25, 0.3) is 0 Å². The average Bonchev–Trinajstić information content (AvgIpc) is 3.17. The smallest absolute Gasteiger partial charge is 0.217 e. The van der Waals surface area contributed by atoms with Gasteiger partial charge in [0.15, 0.2) is 12.0 Å². The predicted octanol–water partition coefficient (Wildman–Crippen LogP) is 3.30. The summed E-state index contributed by atoms with van der Waals surface area (Å²) in [5.41, 5.74) is -0.877. The molecule has 116 valence electrons. The molecule has 0 bridgehead atoms. The average molecular weight is 305 g/mol. The lowest BCUT2D eigenvalue weighted by Crippen LogP contribution is -2.36. The third kappa shape index (κ3) is 1.89. The minimum atomic E-state index is -1.30. The topological polar surface area (TPSA) is 47.8 Å². The monoisotopic (exact) mass is 305 g/mol. The second-order valence-electron chi connectivity index (χ2n) is 6.61. The molecular formula is C16H17F2N3O. The van der Waals surface area contributed by atoms with Crippen LogP contribution in [0, 0.1) is 11.3 Å². The van der Waals surface area contributed by atoms with Gasteiger partial charge in [-0.15, -0.1) is 5.10 Å². The molecule has 4 atom stereocenters. The second-order valence-corrected chi connectivity index (χ2v) is 6.61. The van der Waals surface area contributed by atoms with Crippen LogP contribution in [0.1, 0.15) is 54.8 Å². The van der Waals surface area contributed by atoms with Gasteiger partial charge in [0.1, 0.15) is 6.17 Å². The van der Waals surface area contributed by atoms with Crippen LogP contribution in [-0.2, 0) is 0 Å². The minimum absolute atomic E-state index is 0.0124. The van der Waals surface area contributed by atoms with Crippen molar-refractivity contribution in [3.8, 4) is 0 Å². The number of rotatable bonds is 3. The quantitative estimate of drug-likeness (QED) is 0.805. The van der Waals surface area contributed by atoms with Gasteiger partial charge in [-0.1, -0.05) is 25.2 Å². The number of allylic oxidation sites excluding steroid dienone is 4. The van der Waals surface area contributed by atoms with Crippen LogP contribution < -0.4 is 0 Å². The van der Waals surface area contributed by atoms with Crippen molar-refractivity contribution in [2.75, 3.05) is 0 Å². The van der Waals surface area contributed by atoms with Gasteiger partial charge >= 0.3 is 0 Å². The van der Waals surface area contributed by atoms with Crippen molar-refractivity contribution in [1.29, 1.82) is 0 Å². The van der Waals surface area contributed by atoms with Crippen LogP contribution in [0.5, 0.6) is 0 Å². The lowest BCUT2D eigenvalue weighted by Gasteiger charge is -2.35. The molecule has 1 aromatic rings. The van der Waals surface area contributed by atoms with E-state index < -0.39 is 23.8 Å². The molecule has 1 fully saturated rings. The molecule has 1 saturated carbocycles. The molecule has 0 aromatic carbocycles. The highest BCUT2D eigenvalue weighted by Gasteiger charge is 2.49. The van der Waals surface area contributed by atoms with E-state index in [1.807, 2.05) is 0 Å². The summed E-state index contributed by atoms with van der Waals surface area (Å²) >= 11 is 0. The lowest BCUT2D eigenvalue weighted by molar-refractivity contribution is 0.0952. The van der Waals surface area contributed by atoms with Crippen molar-refractivity contribution in [2.24, 2.45) is 11.3 Å². The molecule has 22 heavy (non-hydrogen) atoms. The van der Waals surface area contributed by atoms with Crippen molar-refractivity contribution in [3.05, 3.63) is 36.0 Å². The Morgan fingerprint density at radius 3 is 2.82 bits per heavy atom. The SMILES string of the molecule is CC1([C@@H]2C[C@H](F)c3nc(C(=O)C4CC4)nn32)C=CC=CC1F. The number of halogens is 2. The highest BCUT2D eigenvalue weighted by molar-refractivity contribution is 5.95. The van der Waals surface area contributed by atoms with Crippen LogP contribution in [0.3, 0.4) is 0 Å². The van der Waals surface area contributed by atoms with Gasteiger partial charge in [0.2, 0.25) is 11.6 Å². The van der Waals surface area contributed by atoms with Crippen molar-refractivity contribution in [1.82, 2.24) is 14.8 Å². The number of ketones is 1.